The zero-order valence-corrected chi connectivity index (χ0v) is 11.4. The van der Waals surface area contributed by atoms with Crippen molar-refractivity contribution < 1.29 is 9.94 Å². The van der Waals surface area contributed by atoms with E-state index < -0.39 is 9.58 Å². The van der Waals surface area contributed by atoms with Crippen LogP contribution in [-0.2, 0) is 4.84 Å². The molecule has 0 aliphatic carbocycles. The molecule has 1 aromatic rings. The second kappa shape index (κ2) is 4.48. The van der Waals surface area contributed by atoms with Crippen LogP contribution < -0.4 is 0 Å². The fraction of sp³-hybridized carbons (Fsp3) is 0.300. The van der Waals surface area contributed by atoms with Crippen molar-refractivity contribution >= 4 is 52.1 Å². The first-order chi connectivity index (χ1) is 7.82. The predicted octanol–water partition coefficient (Wildman–Crippen LogP) is 3.52. The number of rotatable bonds is 1. The van der Waals surface area contributed by atoms with Crippen LogP contribution in [-0.4, -0.2) is 20.4 Å². The lowest BCUT2D eigenvalue weighted by atomic mass is 10.0. The number of alkyl halides is 3. The van der Waals surface area contributed by atoms with E-state index in [0.717, 1.165) is 5.56 Å². The Balaban J connectivity index is 2.20. The molecule has 1 atom stereocenters. The Labute approximate surface area is 118 Å². The van der Waals surface area contributed by atoms with Gasteiger partial charge in [0, 0.05) is 5.02 Å². The summed E-state index contributed by atoms with van der Waals surface area (Å²) in [6, 6.07) is 6.89. The summed E-state index contributed by atoms with van der Waals surface area (Å²) in [5, 5.41) is 14.3. The fourth-order valence-corrected chi connectivity index (χ4v) is 1.80. The highest BCUT2D eigenvalue weighted by molar-refractivity contribution is 6.68. The number of hydrogen-bond donors (Lipinski definition) is 1. The lowest BCUT2D eigenvalue weighted by Gasteiger charge is -2.26. The van der Waals surface area contributed by atoms with E-state index in [2.05, 4.69) is 5.16 Å². The largest absolute Gasteiger partial charge is 0.355 e. The van der Waals surface area contributed by atoms with E-state index in [1.54, 1.807) is 24.3 Å². The molecule has 92 valence electrons. The number of aliphatic hydroxyl groups is 1. The molecule has 1 aliphatic heterocycles. The van der Waals surface area contributed by atoms with Crippen LogP contribution in [0.5, 0.6) is 0 Å². The normalized spacial score (nSPS) is 24.4. The van der Waals surface area contributed by atoms with E-state index in [0.29, 0.717) is 10.7 Å². The molecule has 1 aliphatic rings. The van der Waals surface area contributed by atoms with Crippen LogP contribution in [0.1, 0.15) is 12.0 Å². The molecule has 0 saturated carbocycles. The van der Waals surface area contributed by atoms with Gasteiger partial charge in [-0.1, -0.05) is 63.7 Å². The molecule has 1 aromatic carbocycles. The second-order valence-electron chi connectivity index (χ2n) is 3.60. The van der Waals surface area contributed by atoms with E-state index in [1.807, 2.05) is 0 Å². The van der Waals surface area contributed by atoms with Crippen molar-refractivity contribution in [2.24, 2.45) is 5.16 Å². The molecule has 1 N–H and O–H groups in total. The number of benzene rings is 1. The summed E-state index contributed by atoms with van der Waals surface area (Å²) in [5.74, 6) is -1.94. The van der Waals surface area contributed by atoms with E-state index in [9.17, 15) is 5.11 Å². The van der Waals surface area contributed by atoms with E-state index in [1.165, 1.54) is 0 Å². The summed E-state index contributed by atoms with van der Waals surface area (Å²) in [6.07, 6.45) is -0.00880. The van der Waals surface area contributed by atoms with Crippen molar-refractivity contribution in [3.05, 3.63) is 34.9 Å². The first-order valence-electron chi connectivity index (χ1n) is 4.62. The molecule has 1 unspecified atom stereocenters. The van der Waals surface area contributed by atoms with Crippen molar-refractivity contribution in [3.63, 3.8) is 0 Å². The van der Waals surface area contributed by atoms with Crippen molar-refractivity contribution in [2.75, 3.05) is 0 Å². The average molecular weight is 315 g/mol. The maximum Gasteiger partial charge on any atom is 0.287 e. The molecule has 0 spiro atoms. The Morgan fingerprint density at radius 2 is 1.82 bits per heavy atom. The molecule has 0 aromatic heterocycles. The molecule has 7 heteroatoms. The minimum atomic E-state index is -1.97. The third-order valence-corrected chi connectivity index (χ3v) is 3.47. The highest BCUT2D eigenvalue weighted by atomic mass is 35.6. The standard InChI is InChI=1S/C10H7Cl4NO2/c11-7-3-1-6(2-4-7)8-5-9(16,17-15-8)10(12,13)14/h1-4,16H,5H2. The van der Waals surface area contributed by atoms with E-state index in [4.69, 9.17) is 51.2 Å². The molecule has 0 saturated heterocycles. The van der Waals surface area contributed by atoms with Crippen LogP contribution in [0, 0.1) is 0 Å². The third kappa shape index (κ3) is 2.64. The Hall–Kier alpha value is -0.190. The number of halogens is 4. The summed E-state index contributed by atoms with van der Waals surface area (Å²) in [4.78, 5) is 4.82. The topological polar surface area (TPSA) is 41.8 Å². The summed E-state index contributed by atoms with van der Waals surface area (Å²) in [6.45, 7) is 0. The van der Waals surface area contributed by atoms with Gasteiger partial charge in [0.15, 0.2) is 0 Å². The van der Waals surface area contributed by atoms with Gasteiger partial charge in [-0.25, -0.2) is 0 Å². The van der Waals surface area contributed by atoms with Gasteiger partial charge in [0.05, 0.1) is 12.1 Å². The first-order valence-corrected chi connectivity index (χ1v) is 6.13. The van der Waals surface area contributed by atoms with Crippen LogP contribution in [0.15, 0.2) is 29.4 Å². The number of oxime groups is 1. The Kier molecular flexibility index (Phi) is 3.49. The van der Waals surface area contributed by atoms with Gasteiger partial charge in [0.25, 0.3) is 9.58 Å². The van der Waals surface area contributed by atoms with E-state index in [-0.39, 0.29) is 6.42 Å². The Bertz CT molecular complexity index is 454. The molecule has 0 fully saturated rings. The maximum atomic E-state index is 9.96. The van der Waals surface area contributed by atoms with Gasteiger partial charge in [-0.3, -0.25) is 0 Å². The maximum absolute atomic E-state index is 9.96. The summed E-state index contributed by atoms with van der Waals surface area (Å²) in [7, 11) is 0. The highest BCUT2D eigenvalue weighted by Gasteiger charge is 2.54. The molecule has 0 bridgehead atoms. The molecule has 17 heavy (non-hydrogen) atoms. The van der Waals surface area contributed by atoms with Gasteiger partial charge >= 0.3 is 0 Å². The summed E-state index contributed by atoms with van der Waals surface area (Å²) < 4.78 is -1.97. The third-order valence-electron chi connectivity index (χ3n) is 2.33. The van der Waals surface area contributed by atoms with Crippen molar-refractivity contribution in [3.8, 4) is 0 Å². The van der Waals surface area contributed by atoms with Crippen LogP contribution in [0.3, 0.4) is 0 Å². The Morgan fingerprint density at radius 3 is 2.29 bits per heavy atom. The lowest BCUT2D eigenvalue weighted by molar-refractivity contribution is -0.181. The monoisotopic (exact) mass is 313 g/mol. The molecular weight excluding hydrogens is 308 g/mol. The quantitative estimate of drug-likeness (QED) is 0.806. The van der Waals surface area contributed by atoms with E-state index >= 15 is 0 Å². The van der Waals surface area contributed by atoms with Crippen LogP contribution in [0.4, 0.5) is 0 Å². The van der Waals surface area contributed by atoms with Crippen molar-refractivity contribution in [2.45, 2.75) is 16.0 Å². The van der Waals surface area contributed by atoms with Gasteiger partial charge in [-0.15, -0.1) is 0 Å². The van der Waals surface area contributed by atoms with Crippen LogP contribution in [0.25, 0.3) is 0 Å². The number of hydrogen-bond acceptors (Lipinski definition) is 3. The number of nitrogens with zero attached hydrogens (tertiary/aromatic N) is 1. The molecule has 3 nitrogen and oxygen atoms in total. The molecule has 2 rings (SSSR count). The SMILES string of the molecule is OC1(C(Cl)(Cl)Cl)CC(c2ccc(Cl)cc2)=NO1. The van der Waals surface area contributed by atoms with Gasteiger partial charge in [0.2, 0.25) is 0 Å². The average Bonchev–Trinajstić information content (AvgIpc) is 2.63. The molecular formula is C10H7Cl4NO2. The summed E-state index contributed by atoms with van der Waals surface area (Å²) in [5.41, 5.74) is 1.25. The summed E-state index contributed by atoms with van der Waals surface area (Å²) >= 11 is 22.6. The highest BCUT2D eigenvalue weighted by Crippen LogP contribution is 2.44. The predicted molar refractivity (Wildman–Crippen MR) is 68.9 cm³/mol. The zero-order valence-electron chi connectivity index (χ0n) is 8.33. The minimum absolute atomic E-state index is 0.00880. The van der Waals surface area contributed by atoms with Crippen molar-refractivity contribution in [1.82, 2.24) is 0 Å². The Morgan fingerprint density at radius 1 is 1.24 bits per heavy atom. The van der Waals surface area contributed by atoms with Gasteiger partial charge in [-0.05, 0) is 17.7 Å². The van der Waals surface area contributed by atoms with Crippen LogP contribution >= 0.6 is 46.4 Å². The molecule has 0 radical (unpaired) electrons. The molecule has 1 heterocycles. The first kappa shape index (κ1) is 13.2. The zero-order chi connectivity index (χ0) is 12.7. The fourth-order valence-electron chi connectivity index (χ4n) is 1.37. The van der Waals surface area contributed by atoms with Gasteiger partial charge in [0.1, 0.15) is 0 Å². The van der Waals surface area contributed by atoms with Crippen molar-refractivity contribution in [1.29, 1.82) is 0 Å². The minimum Gasteiger partial charge on any atom is -0.355 e. The smallest absolute Gasteiger partial charge is 0.287 e. The lowest BCUT2D eigenvalue weighted by Crippen LogP contribution is -2.42. The molecule has 0 amide bonds. The second-order valence-corrected chi connectivity index (χ2v) is 6.31. The van der Waals surface area contributed by atoms with Crippen LogP contribution in [0.2, 0.25) is 5.02 Å². The van der Waals surface area contributed by atoms with Gasteiger partial charge < -0.3 is 9.94 Å². The van der Waals surface area contributed by atoms with Gasteiger partial charge in [-0.2, -0.15) is 0 Å².